The van der Waals surface area contributed by atoms with Crippen molar-refractivity contribution in [3.63, 3.8) is 0 Å². The number of unbranched alkanes of at least 4 members (excludes halogenated alkanes) is 31. The Hall–Kier alpha value is -0.870. The predicted molar refractivity (Wildman–Crippen MR) is 202 cm³/mol. The van der Waals surface area contributed by atoms with Gasteiger partial charge in [0.25, 0.3) is 0 Å². The number of hydrogen-bond donors (Lipinski definition) is 3. The van der Waals surface area contributed by atoms with Gasteiger partial charge in [0, 0.05) is 6.42 Å². The number of aliphatic hydroxyl groups excluding tert-OH is 2. The van der Waals surface area contributed by atoms with Crippen LogP contribution in [0.2, 0.25) is 0 Å². The minimum Gasteiger partial charge on any atom is -0.394 e. The SMILES string of the molecule is CCCCCCCCCCCCCCCCCCCCCCCCCCCCCCC/C=C/C(O)C(CO)NC(=O)CCCCC. The molecule has 0 aromatic carbocycles. The first-order chi connectivity index (χ1) is 22.7. The average molecular weight is 650 g/mol. The zero-order valence-electron chi connectivity index (χ0n) is 31.4. The summed E-state index contributed by atoms with van der Waals surface area (Å²) in [5.74, 6) is -0.0872. The number of carbonyl (C=O) groups excluding carboxylic acids is 1. The van der Waals surface area contributed by atoms with Crippen LogP contribution in [-0.2, 0) is 4.79 Å². The Bertz CT molecular complexity index is 622. The van der Waals surface area contributed by atoms with Gasteiger partial charge < -0.3 is 15.5 Å². The number of allylic oxidation sites excluding steroid dienone is 1. The van der Waals surface area contributed by atoms with E-state index in [4.69, 9.17) is 0 Å². The van der Waals surface area contributed by atoms with Gasteiger partial charge in [-0.25, -0.2) is 0 Å². The van der Waals surface area contributed by atoms with Crippen LogP contribution in [0.15, 0.2) is 12.2 Å². The maximum atomic E-state index is 11.9. The molecule has 0 radical (unpaired) electrons. The minimum absolute atomic E-state index is 0.0872. The van der Waals surface area contributed by atoms with Crippen LogP contribution in [-0.4, -0.2) is 34.9 Å². The van der Waals surface area contributed by atoms with Crippen molar-refractivity contribution < 1.29 is 15.0 Å². The Morgan fingerprint density at radius 3 is 1.13 bits per heavy atom. The summed E-state index contributed by atoms with van der Waals surface area (Å²) < 4.78 is 0. The van der Waals surface area contributed by atoms with Gasteiger partial charge in [0.2, 0.25) is 5.91 Å². The van der Waals surface area contributed by atoms with Gasteiger partial charge >= 0.3 is 0 Å². The molecule has 0 heterocycles. The maximum absolute atomic E-state index is 11.9. The van der Waals surface area contributed by atoms with Gasteiger partial charge in [-0.15, -0.1) is 0 Å². The van der Waals surface area contributed by atoms with E-state index in [0.717, 1.165) is 32.1 Å². The van der Waals surface area contributed by atoms with Crippen molar-refractivity contribution in [1.82, 2.24) is 5.32 Å². The monoisotopic (exact) mass is 650 g/mol. The second kappa shape index (κ2) is 38.6. The van der Waals surface area contributed by atoms with E-state index in [0.29, 0.717) is 6.42 Å². The number of rotatable bonds is 38. The molecule has 0 spiro atoms. The van der Waals surface area contributed by atoms with E-state index in [1.54, 1.807) is 6.08 Å². The summed E-state index contributed by atoms with van der Waals surface area (Å²) in [5.41, 5.74) is 0. The fraction of sp³-hybridized carbons (Fsp3) is 0.929. The van der Waals surface area contributed by atoms with Gasteiger partial charge in [0.1, 0.15) is 0 Å². The summed E-state index contributed by atoms with van der Waals surface area (Å²) in [4.78, 5) is 11.9. The molecule has 2 unspecified atom stereocenters. The van der Waals surface area contributed by atoms with Crippen LogP contribution in [0.3, 0.4) is 0 Å². The standard InChI is InChI=1S/C42H83NO3/c1-3-5-7-8-9-10-11-12-13-14-15-16-17-18-19-20-21-22-23-24-25-26-27-28-29-30-31-32-33-34-36-37-41(45)40(39-44)43-42(46)38-35-6-4-2/h36-37,40-41,44-45H,3-35,38-39H2,1-2H3,(H,43,46)/b37-36+. The molecule has 0 aliphatic heterocycles. The van der Waals surface area contributed by atoms with Gasteiger partial charge in [0.15, 0.2) is 0 Å². The largest absolute Gasteiger partial charge is 0.394 e. The fourth-order valence-electron chi connectivity index (χ4n) is 6.53. The molecule has 0 saturated heterocycles. The Kier molecular flexibility index (Phi) is 37.8. The van der Waals surface area contributed by atoms with Crippen molar-refractivity contribution in [3.8, 4) is 0 Å². The molecule has 1 amide bonds. The molecule has 0 saturated carbocycles. The summed E-state index contributed by atoms with van der Waals surface area (Å²) in [6.07, 6.45) is 48.4. The highest BCUT2D eigenvalue weighted by Gasteiger charge is 2.17. The zero-order valence-corrected chi connectivity index (χ0v) is 31.4. The molecule has 274 valence electrons. The van der Waals surface area contributed by atoms with Crippen LogP contribution in [0.5, 0.6) is 0 Å². The molecule has 3 N–H and O–H groups in total. The third kappa shape index (κ3) is 34.5. The fourth-order valence-corrected chi connectivity index (χ4v) is 6.53. The van der Waals surface area contributed by atoms with Crippen LogP contribution in [0, 0.1) is 0 Å². The Labute approximate surface area is 288 Å². The lowest BCUT2D eigenvalue weighted by atomic mass is 10.0. The molecule has 0 aliphatic rings. The summed E-state index contributed by atoms with van der Waals surface area (Å²) in [5, 5.41) is 22.6. The van der Waals surface area contributed by atoms with Crippen LogP contribution in [0.1, 0.15) is 232 Å². The van der Waals surface area contributed by atoms with Gasteiger partial charge in [-0.1, -0.05) is 219 Å². The van der Waals surface area contributed by atoms with E-state index < -0.39 is 12.1 Å². The molecule has 0 aliphatic carbocycles. The lowest BCUT2D eigenvalue weighted by molar-refractivity contribution is -0.123. The summed E-state index contributed by atoms with van der Waals surface area (Å²) in [6, 6.07) is -0.612. The van der Waals surface area contributed by atoms with E-state index in [1.807, 2.05) is 6.08 Å². The van der Waals surface area contributed by atoms with Crippen molar-refractivity contribution in [2.45, 2.75) is 244 Å². The first-order valence-corrected chi connectivity index (χ1v) is 20.9. The summed E-state index contributed by atoms with van der Waals surface area (Å²) in [7, 11) is 0. The highest BCUT2D eigenvalue weighted by atomic mass is 16.3. The molecule has 4 nitrogen and oxygen atoms in total. The molecule has 0 fully saturated rings. The number of amides is 1. The Balaban J connectivity index is 3.30. The maximum Gasteiger partial charge on any atom is 0.220 e. The molecule has 0 aromatic rings. The van der Waals surface area contributed by atoms with Crippen molar-refractivity contribution in [2.75, 3.05) is 6.61 Å². The summed E-state index contributed by atoms with van der Waals surface area (Å²) in [6.45, 7) is 4.16. The predicted octanol–water partition coefficient (Wildman–Crippen LogP) is 12.7. The van der Waals surface area contributed by atoms with Crippen LogP contribution < -0.4 is 5.32 Å². The molecule has 46 heavy (non-hydrogen) atoms. The number of nitrogens with one attached hydrogen (secondary N) is 1. The van der Waals surface area contributed by atoms with E-state index in [2.05, 4.69) is 19.2 Å². The first-order valence-electron chi connectivity index (χ1n) is 20.9. The lowest BCUT2D eigenvalue weighted by Crippen LogP contribution is -2.45. The topological polar surface area (TPSA) is 69.6 Å². The first kappa shape index (κ1) is 45.1. The van der Waals surface area contributed by atoms with Crippen molar-refractivity contribution >= 4 is 5.91 Å². The molecular formula is C42H83NO3. The zero-order chi connectivity index (χ0) is 33.6. The highest BCUT2D eigenvalue weighted by molar-refractivity contribution is 5.76. The number of hydrogen-bond acceptors (Lipinski definition) is 3. The smallest absolute Gasteiger partial charge is 0.220 e. The van der Waals surface area contributed by atoms with Crippen molar-refractivity contribution in [3.05, 3.63) is 12.2 Å². The van der Waals surface area contributed by atoms with Gasteiger partial charge in [-0.2, -0.15) is 0 Å². The Morgan fingerprint density at radius 2 is 0.804 bits per heavy atom. The third-order valence-corrected chi connectivity index (χ3v) is 9.77. The van der Waals surface area contributed by atoms with Gasteiger partial charge in [-0.05, 0) is 19.3 Å². The molecule has 4 heteroatoms. The highest BCUT2D eigenvalue weighted by Crippen LogP contribution is 2.16. The normalized spacial score (nSPS) is 13.0. The molecular weight excluding hydrogens is 566 g/mol. The van der Waals surface area contributed by atoms with E-state index >= 15 is 0 Å². The number of aliphatic hydroxyl groups is 2. The van der Waals surface area contributed by atoms with Crippen LogP contribution in [0.25, 0.3) is 0 Å². The molecule has 0 aromatic heterocycles. The van der Waals surface area contributed by atoms with Crippen LogP contribution >= 0.6 is 0 Å². The van der Waals surface area contributed by atoms with E-state index in [1.165, 1.54) is 180 Å². The minimum atomic E-state index is -0.830. The van der Waals surface area contributed by atoms with Crippen molar-refractivity contribution in [2.24, 2.45) is 0 Å². The molecule has 2 atom stereocenters. The Morgan fingerprint density at radius 1 is 0.500 bits per heavy atom. The second-order valence-electron chi connectivity index (χ2n) is 14.4. The molecule has 0 rings (SSSR count). The molecule has 0 bridgehead atoms. The van der Waals surface area contributed by atoms with E-state index in [-0.39, 0.29) is 12.5 Å². The second-order valence-corrected chi connectivity index (χ2v) is 14.4. The van der Waals surface area contributed by atoms with Gasteiger partial charge in [-0.3, -0.25) is 4.79 Å². The third-order valence-electron chi connectivity index (χ3n) is 9.77. The van der Waals surface area contributed by atoms with Crippen molar-refractivity contribution in [1.29, 1.82) is 0 Å². The van der Waals surface area contributed by atoms with Crippen LogP contribution in [0.4, 0.5) is 0 Å². The average Bonchev–Trinajstić information content (AvgIpc) is 3.06. The summed E-state index contributed by atoms with van der Waals surface area (Å²) >= 11 is 0. The van der Waals surface area contributed by atoms with Gasteiger partial charge in [0.05, 0.1) is 18.8 Å². The quantitative estimate of drug-likeness (QED) is 0.0460. The lowest BCUT2D eigenvalue weighted by Gasteiger charge is -2.19. The number of carbonyl (C=O) groups is 1. The van der Waals surface area contributed by atoms with E-state index in [9.17, 15) is 15.0 Å².